The van der Waals surface area contributed by atoms with E-state index in [0.717, 1.165) is 10.7 Å². The number of carboxylic acids is 1. The van der Waals surface area contributed by atoms with Crippen LogP contribution in [0, 0.1) is 19.8 Å². The average Bonchev–Trinajstić information content (AvgIpc) is 2.67. The van der Waals surface area contributed by atoms with Crippen LogP contribution in [0.15, 0.2) is 0 Å². The first-order valence-corrected chi connectivity index (χ1v) is 6.77. The van der Waals surface area contributed by atoms with E-state index in [1.807, 2.05) is 13.8 Å². The first kappa shape index (κ1) is 13.0. The zero-order valence-corrected chi connectivity index (χ0v) is 11.3. The predicted octanol–water partition coefficient (Wildman–Crippen LogP) is 1.70. The van der Waals surface area contributed by atoms with Crippen LogP contribution in [0.3, 0.4) is 0 Å². The number of carboxylic acid groups (broad SMARTS) is 1. The van der Waals surface area contributed by atoms with Gasteiger partial charge in [-0.05, 0) is 26.7 Å². The predicted molar refractivity (Wildman–Crippen MR) is 67.9 cm³/mol. The fraction of sp³-hybridized carbons (Fsp3) is 0.583. The molecule has 1 N–H and O–H groups in total. The van der Waals surface area contributed by atoms with Crippen molar-refractivity contribution in [3.05, 3.63) is 15.6 Å². The van der Waals surface area contributed by atoms with E-state index in [9.17, 15) is 9.59 Å². The molecule has 98 valence electrons. The Morgan fingerprint density at radius 2 is 1.94 bits per heavy atom. The molecular formula is C12H16N2O3S. The van der Waals surface area contributed by atoms with Crippen molar-refractivity contribution >= 4 is 23.2 Å². The number of piperidine rings is 1. The first-order valence-electron chi connectivity index (χ1n) is 5.95. The van der Waals surface area contributed by atoms with E-state index in [1.54, 1.807) is 4.90 Å². The van der Waals surface area contributed by atoms with E-state index in [2.05, 4.69) is 4.98 Å². The highest BCUT2D eigenvalue weighted by molar-refractivity contribution is 7.13. The molecule has 18 heavy (non-hydrogen) atoms. The number of likely N-dealkylation sites (tertiary alicyclic amines) is 1. The number of aromatic nitrogens is 1. The lowest BCUT2D eigenvalue weighted by molar-refractivity contribution is -0.143. The maximum absolute atomic E-state index is 12.3. The molecule has 1 amide bonds. The largest absolute Gasteiger partial charge is 0.481 e. The number of nitrogens with zero attached hydrogens (tertiary/aromatic N) is 2. The molecule has 0 atom stereocenters. The number of carbonyl (C=O) groups is 2. The Balaban J connectivity index is 2.04. The molecule has 0 radical (unpaired) electrons. The number of carbonyl (C=O) groups excluding carboxylic acids is 1. The van der Waals surface area contributed by atoms with Gasteiger partial charge in [0.05, 0.1) is 16.6 Å². The number of aryl methyl sites for hydroxylation is 2. The topological polar surface area (TPSA) is 70.5 Å². The van der Waals surface area contributed by atoms with Gasteiger partial charge in [-0.25, -0.2) is 4.98 Å². The van der Waals surface area contributed by atoms with Crippen molar-refractivity contribution in [3.63, 3.8) is 0 Å². The molecule has 5 nitrogen and oxygen atoms in total. The van der Waals surface area contributed by atoms with Gasteiger partial charge in [-0.3, -0.25) is 9.59 Å². The van der Waals surface area contributed by atoms with E-state index >= 15 is 0 Å². The van der Waals surface area contributed by atoms with E-state index in [0.29, 0.717) is 30.8 Å². The Kier molecular flexibility index (Phi) is 3.65. The summed E-state index contributed by atoms with van der Waals surface area (Å²) < 4.78 is 0. The molecule has 0 saturated carbocycles. The van der Waals surface area contributed by atoms with Crippen LogP contribution < -0.4 is 0 Å². The molecule has 0 aliphatic carbocycles. The van der Waals surface area contributed by atoms with Crippen molar-refractivity contribution in [1.82, 2.24) is 9.88 Å². The summed E-state index contributed by atoms with van der Waals surface area (Å²) in [5, 5.41) is 9.80. The van der Waals surface area contributed by atoms with Crippen LogP contribution in [0.2, 0.25) is 0 Å². The fourth-order valence-electron chi connectivity index (χ4n) is 2.20. The Hall–Kier alpha value is -1.43. The quantitative estimate of drug-likeness (QED) is 0.886. The second-order valence-corrected chi connectivity index (χ2v) is 5.76. The first-order chi connectivity index (χ1) is 8.49. The standard InChI is InChI=1S/C12H16N2O3S/c1-7-10(18-8(2)13-7)11(15)14-5-3-9(4-6-14)12(16)17/h9H,3-6H2,1-2H3,(H,16,17). The number of amides is 1. The molecule has 1 aliphatic rings. The zero-order chi connectivity index (χ0) is 13.3. The summed E-state index contributed by atoms with van der Waals surface area (Å²) in [6.45, 7) is 4.75. The molecular weight excluding hydrogens is 252 g/mol. The molecule has 2 heterocycles. The fourth-order valence-corrected chi connectivity index (χ4v) is 3.09. The highest BCUT2D eigenvalue weighted by Crippen LogP contribution is 2.23. The van der Waals surface area contributed by atoms with Crippen molar-refractivity contribution in [1.29, 1.82) is 0 Å². The van der Waals surface area contributed by atoms with Gasteiger partial charge >= 0.3 is 5.97 Å². The lowest BCUT2D eigenvalue weighted by Crippen LogP contribution is -2.40. The summed E-state index contributed by atoms with van der Waals surface area (Å²) in [7, 11) is 0. The van der Waals surface area contributed by atoms with Crippen molar-refractivity contribution in [2.75, 3.05) is 13.1 Å². The Labute approximate surface area is 109 Å². The molecule has 1 aliphatic heterocycles. The minimum atomic E-state index is -0.757. The minimum Gasteiger partial charge on any atom is -0.481 e. The van der Waals surface area contributed by atoms with Crippen molar-refractivity contribution in [2.24, 2.45) is 5.92 Å². The van der Waals surface area contributed by atoms with Crippen LogP contribution in [0.1, 0.15) is 33.2 Å². The van der Waals surface area contributed by atoms with Crippen LogP contribution in [0.25, 0.3) is 0 Å². The maximum atomic E-state index is 12.3. The van der Waals surface area contributed by atoms with Gasteiger partial charge in [-0.1, -0.05) is 0 Å². The highest BCUT2D eigenvalue weighted by Gasteiger charge is 2.28. The van der Waals surface area contributed by atoms with Gasteiger partial charge < -0.3 is 10.0 Å². The lowest BCUT2D eigenvalue weighted by atomic mass is 9.97. The van der Waals surface area contributed by atoms with Gasteiger partial charge in [0.2, 0.25) is 0 Å². The van der Waals surface area contributed by atoms with Crippen LogP contribution >= 0.6 is 11.3 Å². The van der Waals surface area contributed by atoms with E-state index < -0.39 is 5.97 Å². The Morgan fingerprint density at radius 3 is 2.39 bits per heavy atom. The molecule has 1 saturated heterocycles. The minimum absolute atomic E-state index is 0.0121. The second-order valence-electron chi connectivity index (χ2n) is 4.55. The number of aliphatic carboxylic acids is 1. The van der Waals surface area contributed by atoms with Crippen LogP contribution in [0.4, 0.5) is 0 Å². The van der Waals surface area contributed by atoms with E-state index in [4.69, 9.17) is 5.11 Å². The van der Waals surface area contributed by atoms with Crippen molar-refractivity contribution in [3.8, 4) is 0 Å². The molecule has 2 rings (SSSR count). The van der Waals surface area contributed by atoms with Crippen molar-refractivity contribution in [2.45, 2.75) is 26.7 Å². The van der Waals surface area contributed by atoms with Crippen LogP contribution in [0.5, 0.6) is 0 Å². The van der Waals surface area contributed by atoms with Crippen LogP contribution in [-0.2, 0) is 4.79 Å². The normalized spacial score (nSPS) is 16.9. The molecule has 0 spiro atoms. The summed E-state index contributed by atoms with van der Waals surface area (Å²) in [5.41, 5.74) is 0.767. The summed E-state index contributed by atoms with van der Waals surface area (Å²) in [5.74, 6) is -1.08. The average molecular weight is 268 g/mol. The van der Waals surface area contributed by atoms with Gasteiger partial charge in [0.25, 0.3) is 5.91 Å². The molecule has 1 fully saturated rings. The molecule has 1 aromatic rings. The lowest BCUT2D eigenvalue weighted by Gasteiger charge is -2.29. The number of rotatable bonds is 2. The number of thiazole rings is 1. The van der Waals surface area contributed by atoms with E-state index in [1.165, 1.54) is 11.3 Å². The molecule has 6 heteroatoms. The molecule has 0 aromatic carbocycles. The van der Waals surface area contributed by atoms with Gasteiger partial charge in [0.15, 0.2) is 0 Å². The SMILES string of the molecule is Cc1nc(C)c(C(=O)N2CCC(C(=O)O)CC2)s1. The second kappa shape index (κ2) is 5.06. The third kappa shape index (κ3) is 2.53. The van der Waals surface area contributed by atoms with E-state index in [-0.39, 0.29) is 11.8 Å². The van der Waals surface area contributed by atoms with Crippen LogP contribution in [-0.4, -0.2) is 40.0 Å². The van der Waals surface area contributed by atoms with Crippen molar-refractivity contribution < 1.29 is 14.7 Å². The third-order valence-corrected chi connectivity index (χ3v) is 4.29. The van der Waals surface area contributed by atoms with Gasteiger partial charge in [-0.15, -0.1) is 11.3 Å². The Bertz CT molecular complexity index is 476. The number of hydrogen-bond donors (Lipinski definition) is 1. The van der Waals surface area contributed by atoms with Gasteiger partial charge in [0.1, 0.15) is 4.88 Å². The summed E-state index contributed by atoms with van der Waals surface area (Å²) in [6, 6.07) is 0. The smallest absolute Gasteiger partial charge is 0.306 e. The summed E-state index contributed by atoms with van der Waals surface area (Å²) >= 11 is 1.40. The zero-order valence-electron chi connectivity index (χ0n) is 10.5. The maximum Gasteiger partial charge on any atom is 0.306 e. The Morgan fingerprint density at radius 1 is 1.33 bits per heavy atom. The van der Waals surface area contributed by atoms with Gasteiger partial charge in [-0.2, -0.15) is 0 Å². The third-order valence-electron chi connectivity index (χ3n) is 3.23. The number of hydrogen-bond acceptors (Lipinski definition) is 4. The molecule has 0 bridgehead atoms. The molecule has 1 aromatic heterocycles. The van der Waals surface area contributed by atoms with Gasteiger partial charge in [0, 0.05) is 13.1 Å². The highest BCUT2D eigenvalue weighted by atomic mass is 32.1. The monoisotopic (exact) mass is 268 g/mol. The molecule has 0 unspecified atom stereocenters. The summed E-state index contributed by atoms with van der Waals surface area (Å²) in [6.07, 6.45) is 1.08. The summed E-state index contributed by atoms with van der Waals surface area (Å²) in [4.78, 5) is 29.8.